The third-order valence-electron chi connectivity index (χ3n) is 5.71. The fraction of sp³-hybridized carbons (Fsp3) is 1.00. The number of azo groups is 1. The summed E-state index contributed by atoms with van der Waals surface area (Å²) in [4.78, 5) is 0. The highest BCUT2D eigenvalue weighted by atomic mass is 19.4. The second kappa shape index (κ2) is 11.9. The SMILES string of the molecule is FC(F)(F)C(F)(F)C(F)(F)C(F)(F)C(F)(F)C(F)(F)C(F)(F)C(F)(F)/N=N/C(F)(F)C(F)(F)C(F)(F)C(F)(F)C(F)(F)C(F)(F)C(F)(F)C(F)(F)F. The third-order valence-corrected chi connectivity index (χ3v) is 5.71. The Bertz CT molecular complexity index is 1220. The molecule has 0 amide bonds. The number of alkyl halides is 34. The largest absolute Gasteiger partial charge is 0.460 e. The molecule has 0 saturated heterocycles. The predicted octanol–water partition coefficient (Wildman–Crippen LogP) is 11.4. The van der Waals surface area contributed by atoms with Gasteiger partial charge in [-0.2, -0.15) is 149 Å². The molecule has 0 rings (SSSR count). The van der Waals surface area contributed by atoms with Gasteiger partial charge in [0.15, 0.2) is 0 Å². The maximum absolute atomic E-state index is 13.5. The van der Waals surface area contributed by atoms with E-state index in [9.17, 15) is 149 Å². The first-order valence-electron chi connectivity index (χ1n) is 10.6. The van der Waals surface area contributed by atoms with Crippen LogP contribution in [0.5, 0.6) is 0 Å². The van der Waals surface area contributed by atoms with E-state index in [0.29, 0.717) is 0 Å². The van der Waals surface area contributed by atoms with Crippen molar-refractivity contribution in [3.8, 4) is 0 Å². The van der Waals surface area contributed by atoms with Crippen molar-refractivity contribution in [3.05, 3.63) is 0 Å². The van der Waals surface area contributed by atoms with Gasteiger partial charge in [0, 0.05) is 0 Å². The van der Waals surface area contributed by atoms with Crippen LogP contribution in [0.2, 0.25) is 0 Å². The van der Waals surface area contributed by atoms with E-state index in [1.165, 1.54) is 0 Å². The smallest absolute Gasteiger partial charge is 0.192 e. The Kier molecular flexibility index (Phi) is 11.2. The zero-order chi connectivity index (χ0) is 43.4. The van der Waals surface area contributed by atoms with Gasteiger partial charge in [0.05, 0.1) is 0 Å². The first kappa shape index (κ1) is 49.2. The summed E-state index contributed by atoms with van der Waals surface area (Å²) in [5, 5.41) is -1.18. The molecule has 2 nitrogen and oxygen atoms in total. The Morgan fingerprint density at radius 3 is 0.404 bits per heavy atom. The summed E-state index contributed by atoms with van der Waals surface area (Å²) in [6.45, 7) is 0. The molecule has 0 fully saturated rings. The van der Waals surface area contributed by atoms with E-state index in [1.807, 2.05) is 0 Å². The van der Waals surface area contributed by atoms with Gasteiger partial charge in [-0.15, -0.1) is 10.2 Å². The number of hydrogen-bond donors (Lipinski definition) is 0. The summed E-state index contributed by atoms with van der Waals surface area (Å²) in [5.74, 6) is -111. The van der Waals surface area contributed by atoms with Crippen LogP contribution in [0.15, 0.2) is 10.2 Å². The molecule has 0 aromatic rings. The average molecular weight is 866 g/mol. The summed E-state index contributed by atoms with van der Waals surface area (Å²) in [5.41, 5.74) is 0. The van der Waals surface area contributed by atoms with Crippen LogP contribution in [-0.4, -0.2) is 95.5 Å². The van der Waals surface area contributed by atoms with Crippen molar-refractivity contribution < 1.29 is 149 Å². The standard InChI is InChI=1S/C16F34N2/c17-1(18,5(25,26)9(33,34)13(41,42)43)3(21,22)7(29,30)11(37,38)15(47,48)51-52-16(49,50)12(39,40)8(31,32)4(23,24)2(19,20)6(27,28)10(35,36)14(44,45)46/b52-51+. The lowest BCUT2D eigenvalue weighted by Crippen LogP contribution is -2.74. The molecule has 0 N–H and O–H groups in total. The van der Waals surface area contributed by atoms with Gasteiger partial charge in [-0.05, 0) is 0 Å². The molecular formula is C16F34N2. The molecule has 0 atom stereocenters. The van der Waals surface area contributed by atoms with Gasteiger partial charge in [-0.25, -0.2) is 0 Å². The zero-order valence-corrected chi connectivity index (χ0v) is 21.7. The molecule has 0 spiro atoms. The second-order valence-electron chi connectivity index (χ2n) is 9.17. The number of halogens is 34. The summed E-state index contributed by atoms with van der Waals surface area (Å²) in [6.07, 6.45) is -16.5. The third kappa shape index (κ3) is 5.95. The van der Waals surface area contributed by atoms with Crippen LogP contribution >= 0.6 is 0 Å². The quantitative estimate of drug-likeness (QED) is 0.0944. The molecule has 0 heterocycles. The number of nitrogens with zero attached hydrogens (tertiary/aromatic N) is 2. The number of rotatable bonds is 14. The fourth-order valence-electron chi connectivity index (χ4n) is 2.56. The molecule has 0 aromatic carbocycles. The molecule has 312 valence electrons. The van der Waals surface area contributed by atoms with Crippen LogP contribution in [-0.2, 0) is 0 Å². The molecule has 0 aliphatic carbocycles. The van der Waals surface area contributed by atoms with Crippen LogP contribution in [0.25, 0.3) is 0 Å². The molecule has 0 aliphatic rings. The highest BCUT2D eigenvalue weighted by molar-refractivity contribution is 5.16. The van der Waals surface area contributed by atoms with Crippen LogP contribution in [0.1, 0.15) is 0 Å². The fourth-order valence-corrected chi connectivity index (χ4v) is 2.56. The van der Waals surface area contributed by atoms with Crippen molar-refractivity contribution in [3.63, 3.8) is 0 Å². The number of hydrogen-bond acceptors (Lipinski definition) is 2. The van der Waals surface area contributed by atoms with E-state index in [-0.39, 0.29) is 0 Å². The normalized spacial score (nSPS) is 17.3. The Hall–Kier alpha value is -2.78. The van der Waals surface area contributed by atoms with Gasteiger partial charge in [0.2, 0.25) is 0 Å². The lowest BCUT2D eigenvalue weighted by atomic mass is 9.90. The van der Waals surface area contributed by atoms with Crippen LogP contribution in [0, 0.1) is 0 Å². The van der Waals surface area contributed by atoms with Gasteiger partial charge in [0.25, 0.3) is 0 Å². The minimum absolute atomic E-state index is 0.589. The minimum atomic E-state index is -9.53. The molecule has 0 radical (unpaired) electrons. The van der Waals surface area contributed by atoms with Crippen LogP contribution in [0.4, 0.5) is 149 Å². The Morgan fingerprint density at radius 2 is 0.269 bits per heavy atom. The van der Waals surface area contributed by atoms with E-state index in [4.69, 9.17) is 0 Å². The van der Waals surface area contributed by atoms with E-state index >= 15 is 0 Å². The highest BCUT2D eigenvalue weighted by Crippen LogP contribution is 2.66. The summed E-state index contributed by atoms with van der Waals surface area (Å²) in [7, 11) is 0. The van der Waals surface area contributed by atoms with Gasteiger partial charge >= 0.3 is 95.5 Å². The Balaban J connectivity index is 7.32. The molecule has 0 unspecified atom stereocenters. The Labute approximate surface area is 256 Å². The molecule has 52 heavy (non-hydrogen) atoms. The second-order valence-corrected chi connectivity index (χ2v) is 9.17. The first-order chi connectivity index (χ1) is 21.7. The van der Waals surface area contributed by atoms with Crippen molar-refractivity contribution >= 4 is 0 Å². The molecule has 0 saturated carbocycles. The van der Waals surface area contributed by atoms with Gasteiger partial charge in [-0.3, -0.25) is 0 Å². The van der Waals surface area contributed by atoms with Gasteiger partial charge in [0.1, 0.15) is 0 Å². The average Bonchev–Trinajstić information content (AvgIpc) is 2.89. The first-order valence-corrected chi connectivity index (χ1v) is 10.6. The van der Waals surface area contributed by atoms with E-state index in [0.717, 1.165) is 0 Å². The predicted molar refractivity (Wildman–Crippen MR) is 86.2 cm³/mol. The van der Waals surface area contributed by atoms with Crippen LogP contribution in [0.3, 0.4) is 0 Å². The molecule has 0 bridgehead atoms. The van der Waals surface area contributed by atoms with Crippen molar-refractivity contribution in [2.75, 3.05) is 0 Å². The van der Waals surface area contributed by atoms with Crippen molar-refractivity contribution in [1.82, 2.24) is 0 Å². The highest BCUT2D eigenvalue weighted by Gasteiger charge is 2.97. The topological polar surface area (TPSA) is 24.7 Å². The monoisotopic (exact) mass is 866 g/mol. The Morgan fingerprint density at radius 1 is 0.154 bits per heavy atom. The molecule has 36 heteroatoms. The van der Waals surface area contributed by atoms with Crippen molar-refractivity contribution in [1.29, 1.82) is 0 Å². The zero-order valence-electron chi connectivity index (χ0n) is 21.7. The van der Waals surface area contributed by atoms with E-state index in [1.54, 1.807) is 0 Å². The van der Waals surface area contributed by atoms with Gasteiger partial charge < -0.3 is 0 Å². The van der Waals surface area contributed by atoms with E-state index < -0.39 is 106 Å². The van der Waals surface area contributed by atoms with Crippen LogP contribution < -0.4 is 0 Å². The minimum Gasteiger partial charge on any atom is -0.192 e. The summed E-state index contributed by atoms with van der Waals surface area (Å²) < 4.78 is 444. The summed E-state index contributed by atoms with van der Waals surface area (Å²) in [6, 6.07) is -17.4. The van der Waals surface area contributed by atoms with Gasteiger partial charge in [-0.1, -0.05) is 0 Å². The lowest BCUT2D eigenvalue weighted by molar-refractivity contribution is -0.463. The lowest BCUT2D eigenvalue weighted by Gasteiger charge is -2.42. The molecular weight excluding hydrogens is 866 g/mol. The molecule has 0 aliphatic heterocycles. The van der Waals surface area contributed by atoms with E-state index in [2.05, 4.69) is 0 Å². The molecule has 0 aromatic heterocycles. The maximum atomic E-state index is 13.5. The maximum Gasteiger partial charge on any atom is 0.460 e. The van der Waals surface area contributed by atoms with Crippen molar-refractivity contribution in [2.24, 2.45) is 10.2 Å². The van der Waals surface area contributed by atoms with Crippen molar-refractivity contribution in [2.45, 2.75) is 95.5 Å². The summed E-state index contributed by atoms with van der Waals surface area (Å²) >= 11 is 0.